The van der Waals surface area contributed by atoms with Gasteiger partial charge in [-0.15, -0.1) is 0 Å². The number of ether oxygens (including phenoxy) is 1. The van der Waals surface area contributed by atoms with Gasteiger partial charge in [0.05, 0.1) is 11.5 Å². The number of fused-ring (bicyclic) bond motifs is 1. The monoisotopic (exact) mass is 298 g/mol. The number of carboxylic acids is 1. The number of aliphatic carboxylic acids is 1. The van der Waals surface area contributed by atoms with Gasteiger partial charge in [-0.2, -0.15) is 0 Å². The standard InChI is InChI=1S/C15H26N2O4/c1-13(2,12(19)20)8-17-11(18)15(16)9-6-5-7-21-10(9)14(15,3)4/h9-10H,5-8,16H2,1-4H3,(H,17,18)(H,19,20). The predicted octanol–water partition coefficient (Wildman–Crippen LogP) is 0.746. The van der Waals surface area contributed by atoms with Gasteiger partial charge in [-0.1, -0.05) is 13.8 Å². The summed E-state index contributed by atoms with van der Waals surface area (Å²) >= 11 is 0. The SMILES string of the molecule is CC(C)(CNC(=O)C1(N)C2CCCOC2C1(C)C)C(=O)O. The first kappa shape index (κ1) is 16.2. The summed E-state index contributed by atoms with van der Waals surface area (Å²) in [5.74, 6) is -1.21. The molecule has 2 fully saturated rings. The van der Waals surface area contributed by atoms with E-state index < -0.39 is 22.3 Å². The molecule has 1 saturated carbocycles. The van der Waals surface area contributed by atoms with Gasteiger partial charge in [0.2, 0.25) is 5.91 Å². The van der Waals surface area contributed by atoms with Crippen LogP contribution in [0.5, 0.6) is 0 Å². The van der Waals surface area contributed by atoms with E-state index in [2.05, 4.69) is 5.32 Å². The zero-order chi connectivity index (χ0) is 16.1. The average molecular weight is 298 g/mol. The largest absolute Gasteiger partial charge is 0.481 e. The maximum atomic E-state index is 12.6. The molecule has 3 atom stereocenters. The molecule has 0 aromatic rings. The third-order valence-electron chi connectivity index (χ3n) is 5.33. The van der Waals surface area contributed by atoms with Gasteiger partial charge in [0.1, 0.15) is 5.54 Å². The van der Waals surface area contributed by atoms with E-state index in [0.29, 0.717) is 6.61 Å². The Labute approximate surface area is 125 Å². The van der Waals surface area contributed by atoms with Gasteiger partial charge in [-0.25, -0.2) is 0 Å². The molecule has 1 saturated heterocycles. The summed E-state index contributed by atoms with van der Waals surface area (Å²) in [6.45, 7) is 7.83. The van der Waals surface area contributed by atoms with Gasteiger partial charge >= 0.3 is 5.97 Å². The highest BCUT2D eigenvalue weighted by Gasteiger charge is 2.70. The van der Waals surface area contributed by atoms with Crippen molar-refractivity contribution in [3.63, 3.8) is 0 Å². The van der Waals surface area contributed by atoms with Gasteiger partial charge in [0.25, 0.3) is 0 Å². The molecule has 2 aliphatic rings. The van der Waals surface area contributed by atoms with Crippen molar-refractivity contribution in [1.29, 1.82) is 0 Å². The van der Waals surface area contributed by atoms with E-state index in [-0.39, 0.29) is 24.5 Å². The highest BCUT2D eigenvalue weighted by Crippen LogP contribution is 2.57. The summed E-state index contributed by atoms with van der Waals surface area (Å²) in [4.78, 5) is 23.7. The van der Waals surface area contributed by atoms with Crippen LogP contribution in [0.4, 0.5) is 0 Å². The fraction of sp³-hybridized carbons (Fsp3) is 0.867. The number of hydrogen-bond acceptors (Lipinski definition) is 4. The summed E-state index contributed by atoms with van der Waals surface area (Å²) in [5, 5.41) is 11.9. The number of carbonyl (C=O) groups excluding carboxylic acids is 1. The van der Waals surface area contributed by atoms with Gasteiger partial charge in [0, 0.05) is 24.5 Å². The molecule has 3 unspecified atom stereocenters. The van der Waals surface area contributed by atoms with Crippen molar-refractivity contribution in [2.45, 2.75) is 52.2 Å². The van der Waals surface area contributed by atoms with Crippen molar-refractivity contribution in [3.8, 4) is 0 Å². The van der Waals surface area contributed by atoms with E-state index in [1.165, 1.54) is 0 Å². The molecule has 1 amide bonds. The van der Waals surface area contributed by atoms with Crippen LogP contribution in [0.15, 0.2) is 0 Å². The number of hydrogen-bond donors (Lipinski definition) is 3. The van der Waals surface area contributed by atoms with Crippen molar-refractivity contribution >= 4 is 11.9 Å². The molecule has 1 heterocycles. The molecule has 6 nitrogen and oxygen atoms in total. The second-order valence-electron chi connectivity index (χ2n) is 7.50. The van der Waals surface area contributed by atoms with E-state index in [1.54, 1.807) is 13.8 Å². The molecule has 0 spiro atoms. The maximum absolute atomic E-state index is 12.6. The van der Waals surface area contributed by atoms with E-state index in [1.807, 2.05) is 13.8 Å². The zero-order valence-corrected chi connectivity index (χ0v) is 13.2. The second kappa shape index (κ2) is 4.95. The lowest BCUT2D eigenvalue weighted by atomic mass is 9.46. The number of nitrogens with one attached hydrogen (secondary N) is 1. The quantitative estimate of drug-likeness (QED) is 0.711. The Morgan fingerprint density at radius 2 is 2.05 bits per heavy atom. The van der Waals surface area contributed by atoms with Crippen molar-refractivity contribution in [3.05, 3.63) is 0 Å². The molecule has 21 heavy (non-hydrogen) atoms. The Morgan fingerprint density at radius 1 is 1.43 bits per heavy atom. The zero-order valence-electron chi connectivity index (χ0n) is 13.2. The topological polar surface area (TPSA) is 102 Å². The molecule has 0 aromatic carbocycles. The molecule has 6 heteroatoms. The normalized spacial score (nSPS) is 34.5. The minimum atomic E-state index is -1.01. The minimum Gasteiger partial charge on any atom is -0.481 e. The second-order valence-corrected chi connectivity index (χ2v) is 7.50. The van der Waals surface area contributed by atoms with Crippen LogP contribution in [-0.2, 0) is 14.3 Å². The molecule has 1 aliphatic carbocycles. The predicted molar refractivity (Wildman–Crippen MR) is 77.6 cm³/mol. The average Bonchev–Trinajstić information content (AvgIpc) is 2.43. The smallest absolute Gasteiger partial charge is 0.310 e. The van der Waals surface area contributed by atoms with Crippen LogP contribution in [0.3, 0.4) is 0 Å². The van der Waals surface area contributed by atoms with E-state index in [4.69, 9.17) is 15.6 Å². The summed E-state index contributed by atoms with van der Waals surface area (Å²) in [5.41, 5.74) is 3.99. The molecular formula is C15H26N2O4. The Balaban J connectivity index is 2.09. The first-order valence-electron chi connectivity index (χ1n) is 7.47. The Bertz CT molecular complexity index is 461. The minimum absolute atomic E-state index is 0.00851. The lowest BCUT2D eigenvalue weighted by Gasteiger charge is -2.65. The van der Waals surface area contributed by atoms with Crippen LogP contribution in [0.25, 0.3) is 0 Å². The van der Waals surface area contributed by atoms with E-state index >= 15 is 0 Å². The molecule has 4 N–H and O–H groups in total. The van der Waals surface area contributed by atoms with Crippen molar-refractivity contribution < 1.29 is 19.4 Å². The van der Waals surface area contributed by atoms with Crippen molar-refractivity contribution in [2.24, 2.45) is 22.5 Å². The summed E-state index contributed by atoms with van der Waals surface area (Å²) in [6.07, 6.45) is 1.79. The summed E-state index contributed by atoms with van der Waals surface area (Å²) in [6, 6.07) is 0. The number of carbonyl (C=O) groups is 2. The van der Waals surface area contributed by atoms with Gasteiger partial charge in [0.15, 0.2) is 0 Å². The molecular weight excluding hydrogens is 272 g/mol. The van der Waals surface area contributed by atoms with Crippen LogP contribution < -0.4 is 11.1 Å². The lowest BCUT2D eigenvalue weighted by molar-refractivity contribution is -0.225. The molecule has 120 valence electrons. The van der Waals surface area contributed by atoms with Crippen LogP contribution in [0.2, 0.25) is 0 Å². The highest BCUT2D eigenvalue weighted by molar-refractivity contribution is 5.90. The molecule has 0 radical (unpaired) electrons. The molecule has 0 bridgehead atoms. The van der Waals surface area contributed by atoms with Crippen LogP contribution >= 0.6 is 0 Å². The third kappa shape index (κ3) is 2.25. The van der Waals surface area contributed by atoms with Crippen LogP contribution in [-0.4, -0.2) is 41.8 Å². The molecule has 0 aromatic heterocycles. The fourth-order valence-electron chi connectivity index (χ4n) is 3.56. The summed E-state index contributed by atoms with van der Waals surface area (Å²) in [7, 11) is 0. The van der Waals surface area contributed by atoms with Crippen LogP contribution in [0.1, 0.15) is 40.5 Å². The number of nitrogens with two attached hydrogens (primary N) is 1. The summed E-state index contributed by atoms with van der Waals surface area (Å²) < 4.78 is 5.77. The molecule has 1 aliphatic heterocycles. The number of carboxylic acid groups (broad SMARTS) is 1. The Hall–Kier alpha value is -1.14. The number of amides is 1. The third-order valence-corrected chi connectivity index (χ3v) is 5.33. The maximum Gasteiger partial charge on any atom is 0.310 e. The first-order valence-corrected chi connectivity index (χ1v) is 7.47. The first-order chi connectivity index (χ1) is 9.55. The number of rotatable bonds is 4. The van der Waals surface area contributed by atoms with Gasteiger partial charge in [-0.3, -0.25) is 9.59 Å². The van der Waals surface area contributed by atoms with Crippen molar-refractivity contribution in [1.82, 2.24) is 5.32 Å². The van der Waals surface area contributed by atoms with Gasteiger partial charge < -0.3 is 20.9 Å². The van der Waals surface area contributed by atoms with Crippen LogP contribution in [0, 0.1) is 16.7 Å². The van der Waals surface area contributed by atoms with Crippen molar-refractivity contribution in [2.75, 3.05) is 13.2 Å². The van der Waals surface area contributed by atoms with E-state index in [0.717, 1.165) is 12.8 Å². The Kier molecular flexibility index (Phi) is 3.83. The Morgan fingerprint density at radius 3 is 2.62 bits per heavy atom. The lowest BCUT2D eigenvalue weighted by Crippen LogP contribution is -2.82. The van der Waals surface area contributed by atoms with E-state index in [9.17, 15) is 9.59 Å². The fourth-order valence-corrected chi connectivity index (χ4v) is 3.56. The van der Waals surface area contributed by atoms with Gasteiger partial charge in [-0.05, 0) is 26.7 Å². The highest BCUT2D eigenvalue weighted by atomic mass is 16.5. The molecule has 2 rings (SSSR count).